The van der Waals surface area contributed by atoms with E-state index in [1.165, 1.54) is 6.92 Å². The zero-order valence-corrected chi connectivity index (χ0v) is 8.03. The van der Waals surface area contributed by atoms with Gasteiger partial charge in [0, 0.05) is 6.04 Å². The van der Waals surface area contributed by atoms with Gasteiger partial charge in [0.25, 0.3) is 0 Å². The number of carbonyl (C=O) groups is 2. The van der Waals surface area contributed by atoms with Crippen LogP contribution in [0.1, 0.15) is 20.8 Å². The minimum atomic E-state index is -1.08. The predicted octanol–water partition coefficient (Wildman–Crippen LogP) is 0.000700. The highest BCUT2D eigenvalue weighted by molar-refractivity contribution is 5.81. The van der Waals surface area contributed by atoms with E-state index in [-0.39, 0.29) is 11.9 Å². The molecule has 0 bridgehead atoms. The quantitative estimate of drug-likeness (QED) is 0.638. The van der Waals surface area contributed by atoms with Gasteiger partial charge in [-0.05, 0) is 20.8 Å². The third-order valence-electron chi connectivity index (χ3n) is 1.26. The van der Waals surface area contributed by atoms with Gasteiger partial charge in [-0.1, -0.05) is 0 Å². The molecule has 0 aromatic rings. The van der Waals surface area contributed by atoms with E-state index < -0.39 is 18.7 Å². The lowest BCUT2D eigenvalue weighted by Gasteiger charge is -2.13. The third kappa shape index (κ3) is 6.10. The number of amides is 1. The minimum Gasteiger partial charge on any atom is -0.480 e. The highest BCUT2D eigenvalue weighted by Crippen LogP contribution is 1.91. The lowest BCUT2D eigenvalue weighted by molar-refractivity contribution is -0.147. The molecule has 5 nitrogen and oxygen atoms in total. The monoisotopic (exact) mass is 189 g/mol. The average Bonchev–Trinajstić information content (AvgIpc) is 1.98. The van der Waals surface area contributed by atoms with E-state index in [4.69, 9.17) is 9.84 Å². The third-order valence-corrected chi connectivity index (χ3v) is 1.26. The van der Waals surface area contributed by atoms with E-state index in [0.29, 0.717) is 0 Å². The first-order chi connectivity index (χ1) is 5.93. The summed E-state index contributed by atoms with van der Waals surface area (Å²) in [4.78, 5) is 21.2. The van der Waals surface area contributed by atoms with Crippen molar-refractivity contribution in [3.05, 3.63) is 0 Å². The Kier molecular flexibility index (Phi) is 5.06. The van der Waals surface area contributed by atoms with E-state index in [1.54, 1.807) is 0 Å². The Morgan fingerprint density at radius 2 is 1.92 bits per heavy atom. The molecule has 0 saturated heterocycles. The number of hydrogen-bond acceptors (Lipinski definition) is 3. The molecule has 1 atom stereocenters. The van der Waals surface area contributed by atoms with Gasteiger partial charge in [-0.25, -0.2) is 4.79 Å². The molecule has 0 aromatic heterocycles. The van der Waals surface area contributed by atoms with Crippen LogP contribution in [0.5, 0.6) is 0 Å². The van der Waals surface area contributed by atoms with Crippen LogP contribution in [0, 0.1) is 0 Å². The smallest absolute Gasteiger partial charge is 0.329 e. The SMILES string of the molecule is CC(C)NC(=O)C(C)OCC(=O)O. The van der Waals surface area contributed by atoms with Crippen molar-refractivity contribution in [1.29, 1.82) is 0 Å². The van der Waals surface area contributed by atoms with Crippen molar-refractivity contribution in [2.75, 3.05) is 6.61 Å². The molecule has 0 saturated carbocycles. The fourth-order valence-corrected chi connectivity index (χ4v) is 0.674. The summed E-state index contributed by atoms with van der Waals surface area (Å²) in [5.74, 6) is -1.37. The molecule has 0 aromatic carbocycles. The Balaban J connectivity index is 3.76. The van der Waals surface area contributed by atoms with Crippen LogP contribution in [-0.2, 0) is 14.3 Å². The molecule has 0 heterocycles. The number of carboxylic acid groups (broad SMARTS) is 1. The first kappa shape index (κ1) is 11.9. The van der Waals surface area contributed by atoms with E-state index in [9.17, 15) is 9.59 Å². The maximum absolute atomic E-state index is 11.1. The van der Waals surface area contributed by atoms with Gasteiger partial charge < -0.3 is 15.2 Å². The van der Waals surface area contributed by atoms with Gasteiger partial charge in [0.05, 0.1) is 0 Å². The number of rotatable bonds is 5. The number of aliphatic carboxylic acids is 1. The van der Waals surface area contributed by atoms with Gasteiger partial charge in [0.1, 0.15) is 12.7 Å². The number of nitrogens with one attached hydrogen (secondary N) is 1. The second-order valence-electron chi connectivity index (χ2n) is 3.01. The Labute approximate surface area is 77.1 Å². The Morgan fingerprint density at radius 1 is 1.38 bits per heavy atom. The molecule has 5 heteroatoms. The van der Waals surface area contributed by atoms with Gasteiger partial charge >= 0.3 is 5.97 Å². The molecule has 0 aliphatic heterocycles. The molecule has 2 N–H and O–H groups in total. The van der Waals surface area contributed by atoms with Crippen LogP contribution in [0.3, 0.4) is 0 Å². The second kappa shape index (κ2) is 5.53. The van der Waals surface area contributed by atoms with Crippen molar-refractivity contribution in [3.63, 3.8) is 0 Å². The van der Waals surface area contributed by atoms with Crippen LogP contribution in [0.15, 0.2) is 0 Å². The fraction of sp³-hybridized carbons (Fsp3) is 0.750. The molecule has 0 aliphatic carbocycles. The van der Waals surface area contributed by atoms with Crippen molar-refractivity contribution in [2.24, 2.45) is 0 Å². The molecule has 0 radical (unpaired) electrons. The van der Waals surface area contributed by atoms with Crippen LogP contribution in [0.4, 0.5) is 0 Å². The molecule has 13 heavy (non-hydrogen) atoms. The van der Waals surface area contributed by atoms with Crippen LogP contribution < -0.4 is 5.32 Å². The Bertz CT molecular complexity index is 191. The van der Waals surface area contributed by atoms with Gasteiger partial charge in [-0.3, -0.25) is 4.79 Å². The van der Waals surface area contributed by atoms with Gasteiger partial charge in [-0.2, -0.15) is 0 Å². The van der Waals surface area contributed by atoms with Crippen molar-refractivity contribution < 1.29 is 19.4 Å². The summed E-state index contributed by atoms with van der Waals surface area (Å²) in [6.45, 7) is 4.71. The summed E-state index contributed by atoms with van der Waals surface area (Å²) in [7, 11) is 0. The maximum atomic E-state index is 11.1. The van der Waals surface area contributed by atoms with Crippen molar-refractivity contribution >= 4 is 11.9 Å². The summed E-state index contributed by atoms with van der Waals surface area (Å²) >= 11 is 0. The fourth-order valence-electron chi connectivity index (χ4n) is 0.674. The van der Waals surface area contributed by atoms with Crippen LogP contribution in [0.2, 0.25) is 0 Å². The molecular weight excluding hydrogens is 174 g/mol. The molecule has 0 fully saturated rings. The van der Waals surface area contributed by atoms with Gasteiger partial charge in [-0.15, -0.1) is 0 Å². The molecule has 0 rings (SSSR count). The summed E-state index contributed by atoms with van der Waals surface area (Å²) in [5.41, 5.74) is 0. The molecular formula is C8H15NO4. The van der Waals surface area contributed by atoms with Crippen molar-refractivity contribution in [2.45, 2.75) is 32.9 Å². The van der Waals surface area contributed by atoms with Crippen molar-refractivity contribution in [3.8, 4) is 0 Å². The zero-order chi connectivity index (χ0) is 10.4. The zero-order valence-electron chi connectivity index (χ0n) is 8.03. The van der Waals surface area contributed by atoms with Crippen LogP contribution in [0.25, 0.3) is 0 Å². The number of hydrogen-bond donors (Lipinski definition) is 2. The molecule has 1 unspecified atom stereocenters. The predicted molar refractivity (Wildman–Crippen MR) is 46.3 cm³/mol. The normalized spacial score (nSPS) is 12.6. The standard InChI is InChI=1S/C8H15NO4/c1-5(2)9-8(12)6(3)13-4-7(10)11/h5-6H,4H2,1-3H3,(H,9,12)(H,10,11). The summed E-state index contributed by atoms with van der Waals surface area (Å²) in [5, 5.41) is 10.9. The van der Waals surface area contributed by atoms with E-state index in [0.717, 1.165) is 0 Å². The molecule has 0 aliphatic rings. The molecule has 1 amide bonds. The van der Waals surface area contributed by atoms with Crippen molar-refractivity contribution in [1.82, 2.24) is 5.32 Å². The van der Waals surface area contributed by atoms with Gasteiger partial charge in [0.15, 0.2) is 0 Å². The van der Waals surface area contributed by atoms with E-state index >= 15 is 0 Å². The Hall–Kier alpha value is -1.10. The first-order valence-corrected chi connectivity index (χ1v) is 4.07. The topological polar surface area (TPSA) is 75.6 Å². The number of ether oxygens (including phenoxy) is 1. The first-order valence-electron chi connectivity index (χ1n) is 4.07. The average molecular weight is 189 g/mol. The number of carboxylic acids is 1. The van der Waals surface area contributed by atoms with Gasteiger partial charge in [0.2, 0.25) is 5.91 Å². The molecule has 0 spiro atoms. The summed E-state index contributed by atoms with van der Waals surface area (Å²) < 4.78 is 4.75. The highest BCUT2D eigenvalue weighted by atomic mass is 16.5. The van der Waals surface area contributed by atoms with E-state index in [2.05, 4.69) is 5.32 Å². The molecule has 76 valence electrons. The highest BCUT2D eigenvalue weighted by Gasteiger charge is 2.14. The van der Waals surface area contributed by atoms with E-state index in [1.807, 2.05) is 13.8 Å². The lowest BCUT2D eigenvalue weighted by Crippen LogP contribution is -2.39. The minimum absolute atomic E-state index is 0.0309. The summed E-state index contributed by atoms with van der Waals surface area (Å²) in [6.07, 6.45) is -0.724. The lowest BCUT2D eigenvalue weighted by atomic mass is 10.3. The largest absolute Gasteiger partial charge is 0.480 e. The van der Waals surface area contributed by atoms with Crippen LogP contribution >= 0.6 is 0 Å². The second-order valence-corrected chi connectivity index (χ2v) is 3.01. The Morgan fingerprint density at radius 3 is 2.31 bits per heavy atom. The summed E-state index contributed by atoms with van der Waals surface area (Å²) in [6, 6.07) is 0.0309. The maximum Gasteiger partial charge on any atom is 0.329 e. The number of carbonyl (C=O) groups excluding carboxylic acids is 1. The van der Waals surface area contributed by atoms with Crippen LogP contribution in [-0.4, -0.2) is 35.7 Å².